The van der Waals surface area contributed by atoms with Gasteiger partial charge in [0.15, 0.2) is 0 Å². The number of nitrogens with zero attached hydrogens (tertiary/aromatic N) is 2. The predicted molar refractivity (Wildman–Crippen MR) is 90.7 cm³/mol. The first-order valence-corrected chi connectivity index (χ1v) is 8.67. The molecule has 0 aromatic heterocycles. The highest BCUT2D eigenvalue weighted by Crippen LogP contribution is 2.26. The molecule has 3 rings (SSSR count). The lowest BCUT2D eigenvalue weighted by molar-refractivity contribution is -0.123. The molecule has 1 unspecified atom stereocenters. The lowest BCUT2D eigenvalue weighted by Crippen LogP contribution is -2.47. The molecule has 1 aromatic rings. The summed E-state index contributed by atoms with van der Waals surface area (Å²) in [6, 6.07) is 5.79. The molecule has 2 fully saturated rings. The van der Waals surface area contributed by atoms with E-state index in [2.05, 4.69) is 0 Å². The number of hydrogen-bond donors (Lipinski definition) is 0. The van der Waals surface area contributed by atoms with Gasteiger partial charge in [0, 0.05) is 13.1 Å². The number of halogens is 1. The molecule has 2 saturated heterocycles. The van der Waals surface area contributed by atoms with Gasteiger partial charge in [0.25, 0.3) is 5.91 Å². The van der Waals surface area contributed by atoms with Crippen LogP contribution in [-0.4, -0.2) is 67.5 Å². The summed E-state index contributed by atoms with van der Waals surface area (Å²) in [4.78, 5) is 40.0. The van der Waals surface area contributed by atoms with E-state index in [1.165, 1.54) is 17.0 Å². The van der Waals surface area contributed by atoms with Gasteiger partial charge < -0.3 is 9.47 Å². The van der Waals surface area contributed by atoms with E-state index in [0.29, 0.717) is 37.6 Å². The van der Waals surface area contributed by atoms with Gasteiger partial charge in [0.1, 0.15) is 6.61 Å². The van der Waals surface area contributed by atoms with Crippen molar-refractivity contribution in [2.75, 3.05) is 43.7 Å². The van der Waals surface area contributed by atoms with Crippen molar-refractivity contribution in [2.24, 2.45) is 0 Å². The Morgan fingerprint density at radius 1 is 1.20 bits per heavy atom. The number of carbonyl (C=O) groups is 3. The number of anilines is 1. The second-order valence-corrected chi connectivity index (χ2v) is 6.19. The first-order valence-electron chi connectivity index (χ1n) is 8.13. The highest BCUT2D eigenvalue weighted by molar-refractivity contribution is 6.22. The van der Waals surface area contributed by atoms with Crippen LogP contribution in [0.15, 0.2) is 24.3 Å². The van der Waals surface area contributed by atoms with Gasteiger partial charge in [0.05, 0.1) is 42.8 Å². The number of amides is 2. The number of alkyl halides is 1. The van der Waals surface area contributed by atoms with Crippen molar-refractivity contribution in [1.82, 2.24) is 4.90 Å². The lowest BCUT2D eigenvalue weighted by Gasteiger charge is -2.30. The van der Waals surface area contributed by atoms with Crippen LogP contribution < -0.4 is 4.90 Å². The van der Waals surface area contributed by atoms with E-state index in [4.69, 9.17) is 21.1 Å². The number of carbonyl (C=O) groups excluding carboxylic acids is 3. The molecule has 2 aliphatic rings. The molecule has 2 amide bonds. The summed E-state index contributed by atoms with van der Waals surface area (Å²) in [5.74, 6) is -0.732. The van der Waals surface area contributed by atoms with Gasteiger partial charge in [-0.25, -0.2) is 9.69 Å². The van der Waals surface area contributed by atoms with Crippen molar-refractivity contribution in [3.63, 3.8) is 0 Å². The molecule has 0 bridgehead atoms. The largest absolute Gasteiger partial charge is 0.461 e. The van der Waals surface area contributed by atoms with E-state index in [-0.39, 0.29) is 30.7 Å². The molecule has 7 nitrogen and oxygen atoms in total. The highest BCUT2D eigenvalue weighted by atomic mass is 35.5. The van der Waals surface area contributed by atoms with Gasteiger partial charge in [-0.2, -0.15) is 0 Å². The van der Waals surface area contributed by atoms with Crippen LogP contribution in [0.4, 0.5) is 5.69 Å². The average molecular weight is 367 g/mol. The minimum Gasteiger partial charge on any atom is -0.461 e. The van der Waals surface area contributed by atoms with Gasteiger partial charge in [-0.15, -0.1) is 11.6 Å². The Kier molecular flexibility index (Phi) is 5.67. The van der Waals surface area contributed by atoms with Gasteiger partial charge in [-0.3, -0.25) is 14.5 Å². The Hall–Kier alpha value is -1.96. The van der Waals surface area contributed by atoms with E-state index in [9.17, 15) is 14.4 Å². The summed E-state index contributed by atoms with van der Waals surface area (Å²) >= 11 is 5.48. The summed E-state index contributed by atoms with van der Waals surface area (Å²) in [6.45, 7) is 2.55. The van der Waals surface area contributed by atoms with Crippen molar-refractivity contribution in [3.8, 4) is 0 Å². The third-order valence-corrected chi connectivity index (χ3v) is 4.44. The molecular formula is C17H19ClN2O5. The zero-order valence-corrected chi connectivity index (χ0v) is 14.4. The number of esters is 1. The molecule has 134 valence electrons. The second kappa shape index (κ2) is 7.95. The van der Waals surface area contributed by atoms with Crippen LogP contribution in [0, 0.1) is 0 Å². The van der Waals surface area contributed by atoms with E-state index in [1.54, 1.807) is 12.1 Å². The van der Waals surface area contributed by atoms with Crippen LogP contribution in [0.5, 0.6) is 0 Å². The maximum atomic E-state index is 12.7. The first kappa shape index (κ1) is 17.8. The van der Waals surface area contributed by atoms with Gasteiger partial charge in [-0.1, -0.05) is 0 Å². The number of ether oxygens (including phenoxy) is 2. The molecule has 2 aliphatic heterocycles. The minimum absolute atomic E-state index is 0.131. The quantitative estimate of drug-likeness (QED) is 0.440. The summed E-state index contributed by atoms with van der Waals surface area (Å²) in [6.07, 6.45) is 0.165. The van der Waals surface area contributed by atoms with Crippen LogP contribution in [0.25, 0.3) is 0 Å². The fraction of sp³-hybridized carbons (Fsp3) is 0.471. The highest BCUT2D eigenvalue weighted by Gasteiger charge is 2.42. The van der Waals surface area contributed by atoms with Crippen molar-refractivity contribution < 1.29 is 23.9 Å². The molecule has 0 radical (unpaired) electrons. The van der Waals surface area contributed by atoms with Gasteiger partial charge in [0.2, 0.25) is 5.91 Å². The molecule has 0 spiro atoms. The fourth-order valence-corrected chi connectivity index (χ4v) is 3.10. The normalized spacial score (nSPS) is 21.6. The second-order valence-electron chi connectivity index (χ2n) is 5.81. The van der Waals surface area contributed by atoms with Gasteiger partial charge in [-0.05, 0) is 24.3 Å². The first-order chi connectivity index (χ1) is 12.1. The molecule has 1 aromatic carbocycles. The summed E-state index contributed by atoms with van der Waals surface area (Å²) in [5.41, 5.74) is 0.803. The maximum absolute atomic E-state index is 12.7. The molecule has 0 saturated carbocycles. The number of hydrogen-bond acceptors (Lipinski definition) is 6. The number of benzene rings is 1. The Morgan fingerprint density at radius 2 is 1.88 bits per heavy atom. The predicted octanol–water partition coefficient (Wildman–Crippen LogP) is 1.05. The molecule has 0 N–H and O–H groups in total. The van der Waals surface area contributed by atoms with E-state index in [1.807, 2.05) is 4.90 Å². The molecular weight excluding hydrogens is 348 g/mol. The van der Waals surface area contributed by atoms with Crippen molar-refractivity contribution in [2.45, 2.75) is 12.5 Å². The molecule has 25 heavy (non-hydrogen) atoms. The van der Waals surface area contributed by atoms with Crippen LogP contribution in [0.3, 0.4) is 0 Å². The fourth-order valence-electron chi connectivity index (χ4n) is 3.02. The standard InChI is InChI=1S/C17H19ClN2O5/c18-5-8-25-17(23)12-1-3-13(4-2-12)20-15(21)11-14(16(20)22)19-6-9-24-10-7-19/h1-4,14H,5-11H2. The Balaban J connectivity index is 1.71. The summed E-state index contributed by atoms with van der Waals surface area (Å²) in [7, 11) is 0. The van der Waals surface area contributed by atoms with Crippen molar-refractivity contribution in [3.05, 3.63) is 29.8 Å². The Bertz CT molecular complexity index is 658. The van der Waals surface area contributed by atoms with Crippen molar-refractivity contribution >= 4 is 35.1 Å². The van der Waals surface area contributed by atoms with Crippen LogP contribution in [-0.2, 0) is 19.1 Å². The molecule has 8 heteroatoms. The van der Waals surface area contributed by atoms with E-state index >= 15 is 0 Å². The van der Waals surface area contributed by atoms with Crippen LogP contribution in [0.1, 0.15) is 16.8 Å². The maximum Gasteiger partial charge on any atom is 0.338 e. The third-order valence-electron chi connectivity index (χ3n) is 4.28. The average Bonchev–Trinajstić information content (AvgIpc) is 2.95. The molecule has 1 atom stereocenters. The van der Waals surface area contributed by atoms with E-state index in [0.717, 1.165) is 0 Å². The number of imide groups is 1. The van der Waals surface area contributed by atoms with Gasteiger partial charge >= 0.3 is 5.97 Å². The van der Waals surface area contributed by atoms with Crippen LogP contribution >= 0.6 is 11.6 Å². The minimum atomic E-state index is -0.488. The summed E-state index contributed by atoms with van der Waals surface area (Å²) < 4.78 is 10.2. The SMILES string of the molecule is O=C(OCCCl)c1ccc(N2C(=O)CC(N3CCOCC3)C2=O)cc1. The number of morpholine rings is 1. The topological polar surface area (TPSA) is 76.2 Å². The number of rotatable bonds is 5. The zero-order chi connectivity index (χ0) is 17.8. The molecule has 0 aliphatic carbocycles. The van der Waals surface area contributed by atoms with Crippen molar-refractivity contribution in [1.29, 1.82) is 0 Å². The Morgan fingerprint density at radius 3 is 2.52 bits per heavy atom. The summed E-state index contributed by atoms with van der Waals surface area (Å²) in [5, 5.41) is 0. The smallest absolute Gasteiger partial charge is 0.338 e. The van der Waals surface area contributed by atoms with Crippen LogP contribution in [0.2, 0.25) is 0 Å². The zero-order valence-electron chi connectivity index (χ0n) is 13.7. The Labute approximate surface area is 150 Å². The third kappa shape index (κ3) is 3.84. The lowest BCUT2D eigenvalue weighted by atomic mass is 10.2. The monoisotopic (exact) mass is 366 g/mol. The molecule has 2 heterocycles. The van der Waals surface area contributed by atoms with E-state index < -0.39 is 12.0 Å².